The van der Waals surface area contributed by atoms with Crippen molar-refractivity contribution in [1.82, 2.24) is 9.97 Å². The molecule has 1 aromatic heterocycles. The molecule has 0 saturated heterocycles. The summed E-state index contributed by atoms with van der Waals surface area (Å²) in [6.07, 6.45) is 26.2. The van der Waals surface area contributed by atoms with E-state index in [1.54, 1.807) is 0 Å². The van der Waals surface area contributed by atoms with Crippen molar-refractivity contribution in [3.63, 3.8) is 0 Å². The first-order chi connectivity index (χ1) is 12.7. The van der Waals surface area contributed by atoms with Crippen LogP contribution in [0.25, 0.3) is 0 Å². The van der Waals surface area contributed by atoms with Gasteiger partial charge >= 0.3 is 0 Å². The van der Waals surface area contributed by atoms with Gasteiger partial charge in [-0.15, -0.1) is 0 Å². The van der Waals surface area contributed by atoms with Gasteiger partial charge in [0.1, 0.15) is 5.82 Å². The zero-order valence-corrected chi connectivity index (χ0v) is 17.5. The number of hydrogen-bond donors (Lipinski definition) is 1. The number of nitrogens with one attached hydrogen (secondary N) is 1. The Morgan fingerprint density at radius 2 is 1.69 bits per heavy atom. The number of hydrogen-bond acceptors (Lipinski definition) is 1. The van der Waals surface area contributed by atoms with E-state index in [2.05, 4.69) is 36.0 Å². The van der Waals surface area contributed by atoms with Crippen LogP contribution in [0.2, 0.25) is 0 Å². The van der Waals surface area contributed by atoms with E-state index in [4.69, 9.17) is 11.6 Å². The summed E-state index contributed by atoms with van der Waals surface area (Å²) in [6.45, 7) is 4.55. The first kappa shape index (κ1) is 21.3. The Morgan fingerprint density at radius 1 is 1.04 bits per heavy atom. The molecule has 1 heterocycles. The summed E-state index contributed by atoms with van der Waals surface area (Å²) < 4.78 is 0. The van der Waals surface area contributed by atoms with E-state index in [0.29, 0.717) is 5.92 Å². The molecule has 0 aromatic carbocycles. The van der Waals surface area contributed by atoms with Crippen molar-refractivity contribution >= 4 is 11.6 Å². The second-order valence-corrected chi connectivity index (χ2v) is 8.45. The lowest BCUT2D eigenvalue weighted by atomic mass is 9.68. The molecule has 0 amide bonds. The molecule has 0 aliphatic heterocycles. The predicted molar refractivity (Wildman–Crippen MR) is 113 cm³/mol. The van der Waals surface area contributed by atoms with Crippen LogP contribution in [-0.4, -0.2) is 9.97 Å². The molecule has 26 heavy (non-hydrogen) atoms. The third kappa shape index (κ3) is 6.61. The molecule has 0 fully saturated rings. The largest absolute Gasteiger partial charge is 0.349 e. The minimum Gasteiger partial charge on any atom is -0.349 e. The molecule has 146 valence electrons. The number of rotatable bonds is 13. The minimum absolute atomic E-state index is 0.101. The van der Waals surface area contributed by atoms with Gasteiger partial charge in [-0.25, -0.2) is 4.98 Å². The second-order valence-electron chi connectivity index (χ2n) is 8.01. The molecule has 1 N–H and O–H groups in total. The highest BCUT2D eigenvalue weighted by atomic mass is 35.5. The topological polar surface area (TPSA) is 28.7 Å². The third-order valence-electron chi connectivity index (χ3n) is 6.01. The molecule has 2 atom stereocenters. The molecular weight excluding hydrogens is 340 g/mol. The zero-order chi connectivity index (χ0) is 18.7. The summed E-state index contributed by atoms with van der Waals surface area (Å²) in [6, 6.07) is 0. The summed E-state index contributed by atoms with van der Waals surface area (Å²) in [5, 5.41) is 0.978. The maximum Gasteiger partial charge on any atom is 0.106 e. The highest BCUT2D eigenvalue weighted by Crippen LogP contribution is 2.45. The van der Waals surface area contributed by atoms with E-state index in [1.165, 1.54) is 70.6 Å². The first-order valence-electron chi connectivity index (χ1n) is 10.7. The lowest BCUT2D eigenvalue weighted by Gasteiger charge is -2.38. The van der Waals surface area contributed by atoms with Crippen LogP contribution in [0, 0.1) is 11.3 Å². The van der Waals surface area contributed by atoms with Crippen LogP contribution in [0.4, 0.5) is 0 Å². The van der Waals surface area contributed by atoms with Gasteiger partial charge in [0, 0.05) is 35.2 Å². The van der Waals surface area contributed by atoms with Crippen molar-refractivity contribution in [3.8, 4) is 0 Å². The molecule has 2 nitrogen and oxygen atoms in total. The van der Waals surface area contributed by atoms with Crippen LogP contribution in [0.1, 0.15) is 90.3 Å². The quantitative estimate of drug-likeness (QED) is 0.353. The van der Waals surface area contributed by atoms with Gasteiger partial charge in [0.2, 0.25) is 0 Å². The second kappa shape index (κ2) is 11.6. The minimum atomic E-state index is 0.101. The number of aromatic nitrogens is 2. The average Bonchev–Trinajstić information content (AvgIpc) is 3.14. The lowest BCUT2D eigenvalue weighted by molar-refractivity contribution is 0.245. The van der Waals surface area contributed by atoms with Crippen LogP contribution >= 0.6 is 11.6 Å². The standard InChI is InChI=1S/C23H37ClN2/c1-3-4-5-6-7-8-9-10-11-12-15-23(19-22-25-17-18-26-22)16-13-14-21(24)20(23)2/h13-14,16-18,20H,3-12,15,19H2,1-2H3,(H,25,26). The maximum atomic E-state index is 6.50. The van der Waals surface area contributed by atoms with Crippen molar-refractivity contribution in [2.45, 2.75) is 90.9 Å². The van der Waals surface area contributed by atoms with Gasteiger partial charge in [-0.2, -0.15) is 0 Å². The first-order valence-corrected chi connectivity index (χ1v) is 11.1. The number of unbranched alkanes of at least 4 members (excludes halogenated alkanes) is 9. The normalized spacial score (nSPS) is 22.6. The molecule has 1 aromatic rings. The average molecular weight is 377 g/mol. The molecule has 0 spiro atoms. The molecule has 0 bridgehead atoms. The van der Waals surface area contributed by atoms with Crippen LogP contribution in [0.5, 0.6) is 0 Å². The van der Waals surface area contributed by atoms with Gasteiger partial charge in [-0.1, -0.05) is 102 Å². The maximum absolute atomic E-state index is 6.50. The van der Waals surface area contributed by atoms with Crippen molar-refractivity contribution < 1.29 is 0 Å². The van der Waals surface area contributed by atoms with Crippen LogP contribution in [0.3, 0.4) is 0 Å². The van der Waals surface area contributed by atoms with E-state index in [1.807, 2.05) is 18.5 Å². The fourth-order valence-corrected chi connectivity index (χ4v) is 4.43. The zero-order valence-electron chi connectivity index (χ0n) is 16.8. The highest BCUT2D eigenvalue weighted by Gasteiger charge is 2.37. The smallest absolute Gasteiger partial charge is 0.106 e. The Morgan fingerprint density at radius 3 is 2.31 bits per heavy atom. The van der Waals surface area contributed by atoms with E-state index in [0.717, 1.165) is 17.3 Å². The van der Waals surface area contributed by atoms with E-state index >= 15 is 0 Å². The summed E-state index contributed by atoms with van der Waals surface area (Å²) in [5.41, 5.74) is 0.101. The fourth-order valence-electron chi connectivity index (χ4n) is 4.14. The van der Waals surface area contributed by atoms with Gasteiger partial charge in [0.25, 0.3) is 0 Å². The number of imidazole rings is 1. The van der Waals surface area contributed by atoms with Gasteiger partial charge in [-0.3, -0.25) is 0 Å². The Bertz CT molecular complexity index is 547. The van der Waals surface area contributed by atoms with Crippen molar-refractivity contribution in [1.29, 1.82) is 0 Å². The van der Waals surface area contributed by atoms with Crippen molar-refractivity contribution in [2.75, 3.05) is 0 Å². The van der Waals surface area contributed by atoms with E-state index in [-0.39, 0.29) is 5.41 Å². The SMILES string of the molecule is CCCCCCCCCCCCC1(Cc2ncc[nH]2)C=CC=C(Cl)C1C. The monoisotopic (exact) mass is 376 g/mol. The van der Waals surface area contributed by atoms with E-state index in [9.17, 15) is 0 Å². The van der Waals surface area contributed by atoms with Gasteiger partial charge < -0.3 is 4.98 Å². The molecule has 3 heteroatoms. The van der Waals surface area contributed by atoms with Crippen molar-refractivity contribution in [3.05, 3.63) is 41.5 Å². The lowest BCUT2D eigenvalue weighted by Crippen LogP contribution is -2.31. The number of halogens is 1. The van der Waals surface area contributed by atoms with E-state index < -0.39 is 0 Å². The number of H-pyrrole nitrogens is 1. The summed E-state index contributed by atoms with van der Waals surface area (Å²) in [4.78, 5) is 7.74. The van der Waals surface area contributed by atoms with Crippen LogP contribution < -0.4 is 0 Å². The van der Waals surface area contributed by atoms with Crippen molar-refractivity contribution in [2.24, 2.45) is 11.3 Å². The molecule has 2 rings (SSSR count). The Kier molecular flexibility index (Phi) is 9.53. The highest BCUT2D eigenvalue weighted by molar-refractivity contribution is 6.30. The summed E-state index contributed by atoms with van der Waals surface area (Å²) in [7, 11) is 0. The van der Waals surface area contributed by atoms with Gasteiger partial charge in [0.15, 0.2) is 0 Å². The molecule has 1 aliphatic carbocycles. The van der Waals surface area contributed by atoms with Gasteiger partial charge in [0.05, 0.1) is 0 Å². The fraction of sp³-hybridized carbons (Fsp3) is 0.696. The molecule has 1 aliphatic rings. The molecule has 2 unspecified atom stereocenters. The molecule has 0 saturated carbocycles. The Labute approximate surface area is 165 Å². The number of aromatic amines is 1. The third-order valence-corrected chi connectivity index (χ3v) is 6.46. The van der Waals surface area contributed by atoms with Crippen LogP contribution in [0.15, 0.2) is 35.7 Å². The number of allylic oxidation sites excluding steroid dienone is 4. The molecule has 0 radical (unpaired) electrons. The Balaban J connectivity index is 1.73. The Hall–Kier alpha value is -1.02. The van der Waals surface area contributed by atoms with Gasteiger partial charge in [-0.05, 0) is 12.5 Å². The number of nitrogens with zero attached hydrogens (tertiary/aromatic N) is 1. The molecular formula is C23H37ClN2. The predicted octanol–water partition coefficient (Wildman–Crippen LogP) is 7.58. The summed E-state index contributed by atoms with van der Waals surface area (Å²) in [5.74, 6) is 1.43. The summed E-state index contributed by atoms with van der Waals surface area (Å²) >= 11 is 6.50. The van der Waals surface area contributed by atoms with Crippen LogP contribution in [-0.2, 0) is 6.42 Å².